The summed E-state index contributed by atoms with van der Waals surface area (Å²) in [6.45, 7) is 3.58. The van der Waals surface area contributed by atoms with Crippen molar-refractivity contribution < 1.29 is 9.53 Å². The van der Waals surface area contributed by atoms with Gasteiger partial charge in [-0.25, -0.2) is 4.98 Å². The van der Waals surface area contributed by atoms with Crippen molar-refractivity contribution in [2.24, 2.45) is 0 Å². The van der Waals surface area contributed by atoms with Crippen molar-refractivity contribution in [3.8, 4) is 0 Å². The first-order chi connectivity index (χ1) is 7.18. The molecule has 0 saturated heterocycles. The molecule has 0 atom stereocenters. The Kier molecular flexibility index (Phi) is 2.41. The summed E-state index contributed by atoms with van der Waals surface area (Å²) in [6.07, 6.45) is 1.91. The number of aryl methyl sites for hydroxylation is 1. The number of hydrogen-bond acceptors (Lipinski definition) is 3. The molecular formula is C11H12N2O2. The number of carbonyl (C=O) groups excluding carboxylic acids is 1. The first kappa shape index (κ1) is 9.71. The van der Waals surface area contributed by atoms with E-state index in [9.17, 15) is 4.79 Å². The molecule has 15 heavy (non-hydrogen) atoms. The Morgan fingerprint density at radius 2 is 2.33 bits per heavy atom. The van der Waals surface area contributed by atoms with Gasteiger partial charge in [-0.2, -0.15) is 0 Å². The molecule has 0 N–H and O–H groups in total. The SMILES string of the molecule is CC(=O)OCc1c(C)nc2ccccn12. The van der Waals surface area contributed by atoms with Gasteiger partial charge in [0.25, 0.3) is 0 Å². The van der Waals surface area contributed by atoms with E-state index < -0.39 is 0 Å². The molecule has 2 heterocycles. The molecule has 2 aromatic rings. The van der Waals surface area contributed by atoms with Gasteiger partial charge in [0.2, 0.25) is 0 Å². The molecule has 0 amide bonds. The van der Waals surface area contributed by atoms with E-state index in [0.717, 1.165) is 17.0 Å². The minimum absolute atomic E-state index is 0.270. The summed E-state index contributed by atoms with van der Waals surface area (Å²) < 4.78 is 6.90. The molecule has 0 fully saturated rings. The van der Waals surface area contributed by atoms with Crippen molar-refractivity contribution >= 4 is 11.6 Å². The number of esters is 1. The summed E-state index contributed by atoms with van der Waals surface area (Å²) in [5.74, 6) is -0.278. The number of imidazole rings is 1. The molecule has 2 rings (SSSR count). The van der Waals surface area contributed by atoms with Crippen LogP contribution in [0.25, 0.3) is 5.65 Å². The number of rotatable bonds is 2. The van der Waals surface area contributed by atoms with Crippen molar-refractivity contribution in [1.29, 1.82) is 0 Å². The number of ether oxygens (including phenoxy) is 1. The second-order valence-electron chi connectivity index (χ2n) is 3.35. The van der Waals surface area contributed by atoms with Gasteiger partial charge in [-0.1, -0.05) is 6.07 Å². The van der Waals surface area contributed by atoms with Gasteiger partial charge in [0.1, 0.15) is 12.3 Å². The highest BCUT2D eigenvalue weighted by Gasteiger charge is 2.08. The Hall–Kier alpha value is -1.84. The number of carbonyl (C=O) groups is 1. The van der Waals surface area contributed by atoms with E-state index >= 15 is 0 Å². The Balaban J connectivity index is 2.40. The van der Waals surface area contributed by atoms with Crippen molar-refractivity contribution in [3.05, 3.63) is 35.8 Å². The van der Waals surface area contributed by atoms with Crippen LogP contribution in [0.3, 0.4) is 0 Å². The maximum absolute atomic E-state index is 10.7. The monoisotopic (exact) mass is 204 g/mol. The van der Waals surface area contributed by atoms with Crippen LogP contribution in [0.5, 0.6) is 0 Å². The second-order valence-corrected chi connectivity index (χ2v) is 3.35. The maximum Gasteiger partial charge on any atom is 0.303 e. The zero-order chi connectivity index (χ0) is 10.8. The lowest BCUT2D eigenvalue weighted by atomic mass is 10.3. The Bertz CT molecular complexity index is 502. The van der Waals surface area contributed by atoms with Gasteiger partial charge in [-0.3, -0.25) is 4.79 Å². The summed E-state index contributed by atoms with van der Waals surface area (Å²) in [7, 11) is 0. The summed E-state index contributed by atoms with van der Waals surface area (Å²) in [5.41, 5.74) is 2.68. The molecule has 0 saturated carbocycles. The highest BCUT2D eigenvalue weighted by molar-refractivity contribution is 5.65. The summed E-state index contributed by atoms with van der Waals surface area (Å²) >= 11 is 0. The van der Waals surface area contributed by atoms with Crippen LogP contribution in [0.4, 0.5) is 0 Å². The zero-order valence-corrected chi connectivity index (χ0v) is 8.73. The molecule has 0 aromatic carbocycles. The van der Waals surface area contributed by atoms with Gasteiger partial charge in [-0.15, -0.1) is 0 Å². The van der Waals surface area contributed by atoms with Crippen LogP contribution in [0.2, 0.25) is 0 Å². The summed E-state index contributed by atoms with van der Waals surface area (Å²) in [5, 5.41) is 0. The minimum atomic E-state index is -0.278. The fourth-order valence-corrected chi connectivity index (χ4v) is 1.51. The van der Waals surface area contributed by atoms with E-state index in [1.165, 1.54) is 6.92 Å². The van der Waals surface area contributed by atoms with Gasteiger partial charge < -0.3 is 9.14 Å². The molecule has 0 unspecified atom stereocenters. The molecule has 0 spiro atoms. The Labute approximate surface area is 87.5 Å². The summed E-state index contributed by atoms with van der Waals surface area (Å²) in [4.78, 5) is 15.1. The van der Waals surface area contributed by atoms with Gasteiger partial charge in [0.05, 0.1) is 11.4 Å². The quantitative estimate of drug-likeness (QED) is 0.699. The highest BCUT2D eigenvalue weighted by atomic mass is 16.5. The number of nitrogens with zero attached hydrogens (tertiary/aromatic N) is 2. The molecule has 2 aromatic heterocycles. The molecule has 0 radical (unpaired) electrons. The van der Waals surface area contributed by atoms with Gasteiger partial charge in [0.15, 0.2) is 0 Å². The van der Waals surface area contributed by atoms with Crippen molar-refractivity contribution in [3.63, 3.8) is 0 Å². The van der Waals surface area contributed by atoms with Crippen LogP contribution in [-0.2, 0) is 16.1 Å². The normalized spacial score (nSPS) is 10.5. The number of hydrogen-bond donors (Lipinski definition) is 0. The fraction of sp³-hybridized carbons (Fsp3) is 0.273. The number of aromatic nitrogens is 2. The van der Waals surface area contributed by atoms with E-state index in [1.54, 1.807) is 0 Å². The number of fused-ring (bicyclic) bond motifs is 1. The largest absolute Gasteiger partial charge is 0.459 e. The lowest BCUT2D eigenvalue weighted by Crippen LogP contribution is -2.02. The standard InChI is InChI=1S/C11H12N2O2/c1-8-10(7-15-9(2)14)13-6-4-3-5-11(13)12-8/h3-6H,7H2,1-2H3. The molecule has 0 aliphatic rings. The molecule has 0 aliphatic carbocycles. The predicted molar refractivity (Wildman–Crippen MR) is 55.4 cm³/mol. The fourth-order valence-electron chi connectivity index (χ4n) is 1.51. The van der Waals surface area contributed by atoms with Crippen LogP contribution in [-0.4, -0.2) is 15.4 Å². The lowest BCUT2D eigenvalue weighted by Gasteiger charge is -2.02. The first-order valence-corrected chi connectivity index (χ1v) is 4.74. The molecule has 78 valence electrons. The van der Waals surface area contributed by atoms with E-state index in [4.69, 9.17) is 4.74 Å². The summed E-state index contributed by atoms with van der Waals surface area (Å²) in [6, 6.07) is 5.77. The third kappa shape index (κ3) is 1.83. The van der Waals surface area contributed by atoms with Crippen LogP contribution >= 0.6 is 0 Å². The third-order valence-electron chi connectivity index (χ3n) is 2.24. The average Bonchev–Trinajstić information content (AvgIpc) is 2.50. The molecule has 0 bridgehead atoms. The molecule has 0 aliphatic heterocycles. The first-order valence-electron chi connectivity index (χ1n) is 4.74. The van der Waals surface area contributed by atoms with Crippen molar-refractivity contribution in [2.45, 2.75) is 20.5 Å². The van der Waals surface area contributed by atoms with Crippen LogP contribution in [0.15, 0.2) is 24.4 Å². The predicted octanol–water partition coefficient (Wildman–Crippen LogP) is 1.71. The maximum atomic E-state index is 10.7. The molecule has 4 nitrogen and oxygen atoms in total. The van der Waals surface area contributed by atoms with Crippen LogP contribution in [0.1, 0.15) is 18.3 Å². The van der Waals surface area contributed by atoms with Crippen LogP contribution < -0.4 is 0 Å². The Morgan fingerprint density at radius 1 is 1.53 bits per heavy atom. The highest BCUT2D eigenvalue weighted by Crippen LogP contribution is 2.12. The second kappa shape index (κ2) is 3.73. The van der Waals surface area contributed by atoms with Gasteiger partial charge in [-0.05, 0) is 19.1 Å². The molecular weight excluding hydrogens is 192 g/mol. The van der Waals surface area contributed by atoms with Crippen molar-refractivity contribution in [1.82, 2.24) is 9.38 Å². The minimum Gasteiger partial charge on any atom is -0.459 e. The van der Waals surface area contributed by atoms with E-state index in [-0.39, 0.29) is 12.6 Å². The van der Waals surface area contributed by atoms with E-state index in [2.05, 4.69) is 4.98 Å². The van der Waals surface area contributed by atoms with E-state index in [1.807, 2.05) is 35.7 Å². The average molecular weight is 204 g/mol. The smallest absolute Gasteiger partial charge is 0.303 e. The third-order valence-corrected chi connectivity index (χ3v) is 2.24. The topological polar surface area (TPSA) is 43.6 Å². The van der Waals surface area contributed by atoms with Gasteiger partial charge in [0, 0.05) is 13.1 Å². The molecule has 4 heteroatoms. The Morgan fingerprint density at radius 3 is 3.07 bits per heavy atom. The van der Waals surface area contributed by atoms with Crippen molar-refractivity contribution in [2.75, 3.05) is 0 Å². The van der Waals surface area contributed by atoms with Gasteiger partial charge >= 0.3 is 5.97 Å². The van der Waals surface area contributed by atoms with E-state index in [0.29, 0.717) is 0 Å². The lowest BCUT2D eigenvalue weighted by molar-refractivity contribution is -0.142. The van der Waals surface area contributed by atoms with Crippen LogP contribution in [0, 0.1) is 6.92 Å². The number of pyridine rings is 1. The zero-order valence-electron chi connectivity index (χ0n) is 8.73.